The summed E-state index contributed by atoms with van der Waals surface area (Å²) in [5.41, 5.74) is 2.49. The van der Waals surface area contributed by atoms with Crippen LogP contribution in [-0.2, 0) is 4.79 Å². The highest BCUT2D eigenvalue weighted by Crippen LogP contribution is 2.29. The lowest BCUT2D eigenvalue weighted by molar-refractivity contribution is -0.132. The Morgan fingerprint density at radius 2 is 2.25 bits per heavy atom. The fraction of sp³-hybridized carbons (Fsp3) is 0.263. The predicted molar refractivity (Wildman–Crippen MR) is 102 cm³/mol. The number of aromatic nitrogens is 5. The molecular formula is C19H18FN7O. The Hall–Kier alpha value is -3.49. The van der Waals surface area contributed by atoms with Crippen molar-refractivity contribution in [2.75, 3.05) is 18.9 Å². The molecule has 9 heteroatoms. The van der Waals surface area contributed by atoms with Crippen LogP contribution in [0.3, 0.4) is 0 Å². The third-order valence-corrected chi connectivity index (χ3v) is 5.15. The molecule has 142 valence electrons. The molecule has 8 nitrogen and oxygen atoms in total. The number of nitrogens with zero attached hydrogens (tertiary/aromatic N) is 5. The van der Waals surface area contributed by atoms with Gasteiger partial charge in [-0.25, -0.2) is 14.4 Å². The van der Waals surface area contributed by atoms with Gasteiger partial charge in [-0.2, -0.15) is 4.98 Å². The van der Waals surface area contributed by atoms with Gasteiger partial charge in [0.2, 0.25) is 11.9 Å². The van der Waals surface area contributed by atoms with Gasteiger partial charge < -0.3 is 19.6 Å². The Bertz CT molecular complexity index is 1200. The molecule has 0 bridgehead atoms. The average molecular weight is 379 g/mol. The van der Waals surface area contributed by atoms with E-state index in [1.807, 2.05) is 6.20 Å². The van der Waals surface area contributed by atoms with Gasteiger partial charge in [-0.1, -0.05) is 0 Å². The van der Waals surface area contributed by atoms with E-state index in [1.54, 1.807) is 41.1 Å². The number of carbonyl (C=O) groups excluding carboxylic acids is 1. The minimum atomic E-state index is -0.382. The molecule has 1 amide bonds. The lowest BCUT2D eigenvalue weighted by atomic mass is 10.1. The summed E-state index contributed by atoms with van der Waals surface area (Å²) in [5, 5.41) is 4.10. The lowest BCUT2D eigenvalue weighted by Crippen LogP contribution is -2.43. The van der Waals surface area contributed by atoms with Gasteiger partial charge in [0, 0.05) is 73.6 Å². The van der Waals surface area contributed by atoms with Gasteiger partial charge in [-0.3, -0.25) is 4.79 Å². The Morgan fingerprint density at radius 3 is 3.11 bits per heavy atom. The molecule has 4 aromatic heterocycles. The minimum absolute atomic E-state index is 0.118. The number of anilines is 1. The number of halogens is 1. The predicted octanol–water partition coefficient (Wildman–Crippen LogP) is 2.44. The highest BCUT2D eigenvalue weighted by atomic mass is 19.1. The monoisotopic (exact) mass is 379 g/mol. The number of pyridine rings is 1. The van der Waals surface area contributed by atoms with Gasteiger partial charge in [0.1, 0.15) is 5.65 Å². The van der Waals surface area contributed by atoms with E-state index in [0.717, 1.165) is 17.4 Å². The van der Waals surface area contributed by atoms with Crippen molar-refractivity contribution in [2.24, 2.45) is 0 Å². The van der Waals surface area contributed by atoms with Crippen LogP contribution in [0.2, 0.25) is 0 Å². The molecule has 0 unspecified atom stereocenters. The summed E-state index contributed by atoms with van der Waals surface area (Å²) in [4.78, 5) is 29.4. The summed E-state index contributed by atoms with van der Waals surface area (Å²) in [6.07, 6.45) is 9.90. The van der Waals surface area contributed by atoms with Crippen molar-refractivity contribution in [2.45, 2.75) is 18.9 Å². The number of hydrogen-bond acceptors (Lipinski definition) is 5. The fourth-order valence-electron chi connectivity index (χ4n) is 3.67. The number of carbonyl (C=O) groups is 1. The van der Waals surface area contributed by atoms with Gasteiger partial charge in [-0.15, -0.1) is 0 Å². The zero-order chi connectivity index (χ0) is 19.3. The average Bonchev–Trinajstić information content (AvgIpc) is 3.31. The standard InChI is InChI=1S/C19H18FN7O/c1-26-10-12(2-3-16(26)28)24-19-23-8-14-13(7-22-17(14)25-19)11-6-15(20)18-21-4-5-27(18)9-11/h4-9,12H,2-3,10H2,1H3,(H2,22,23,24,25)/t12-/m0/s1. The number of piperidine rings is 1. The van der Waals surface area contributed by atoms with E-state index in [2.05, 4.69) is 25.3 Å². The smallest absolute Gasteiger partial charge is 0.224 e. The second kappa shape index (κ2) is 6.29. The number of likely N-dealkylation sites (tertiary alicyclic amines) is 1. The number of likely N-dealkylation sites (N-methyl/N-ethyl adjacent to an activating group) is 1. The molecule has 0 radical (unpaired) electrons. The number of rotatable bonds is 3. The third kappa shape index (κ3) is 2.75. The van der Waals surface area contributed by atoms with Crippen LogP contribution >= 0.6 is 0 Å². The molecular weight excluding hydrogens is 361 g/mol. The molecule has 1 aliphatic heterocycles. The lowest BCUT2D eigenvalue weighted by Gasteiger charge is -2.30. The number of fused-ring (bicyclic) bond motifs is 2. The van der Waals surface area contributed by atoms with Crippen LogP contribution in [0.4, 0.5) is 10.3 Å². The summed E-state index contributed by atoms with van der Waals surface area (Å²) in [6.45, 7) is 0.625. The van der Waals surface area contributed by atoms with E-state index in [9.17, 15) is 9.18 Å². The quantitative estimate of drug-likeness (QED) is 0.571. The Labute approximate surface area is 159 Å². The second-order valence-electron chi connectivity index (χ2n) is 7.05. The molecule has 1 saturated heterocycles. The maximum absolute atomic E-state index is 14.3. The Kier molecular flexibility index (Phi) is 3.75. The zero-order valence-electron chi connectivity index (χ0n) is 15.2. The van der Waals surface area contributed by atoms with Crippen LogP contribution in [0, 0.1) is 5.82 Å². The number of imidazole rings is 1. The molecule has 1 atom stereocenters. The first-order valence-corrected chi connectivity index (χ1v) is 9.06. The maximum Gasteiger partial charge on any atom is 0.224 e. The van der Waals surface area contributed by atoms with Crippen molar-refractivity contribution >= 4 is 28.5 Å². The highest BCUT2D eigenvalue weighted by Gasteiger charge is 2.23. The second-order valence-corrected chi connectivity index (χ2v) is 7.05. The molecule has 5 heterocycles. The van der Waals surface area contributed by atoms with Gasteiger partial charge in [0.15, 0.2) is 11.5 Å². The van der Waals surface area contributed by atoms with Crippen molar-refractivity contribution in [3.63, 3.8) is 0 Å². The molecule has 4 aromatic rings. The summed E-state index contributed by atoms with van der Waals surface area (Å²) >= 11 is 0. The van der Waals surface area contributed by atoms with Crippen LogP contribution in [-0.4, -0.2) is 54.8 Å². The number of amides is 1. The van der Waals surface area contributed by atoms with E-state index in [0.29, 0.717) is 35.8 Å². The Balaban J connectivity index is 1.45. The van der Waals surface area contributed by atoms with E-state index >= 15 is 0 Å². The van der Waals surface area contributed by atoms with Gasteiger partial charge in [0.05, 0.1) is 0 Å². The van der Waals surface area contributed by atoms with Crippen LogP contribution in [0.25, 0.3) is 27.8 Å². The summed E-state index contributed by atoms with van der Waals surface area (Å²) in [7, 11) is 1.80. The first-order chi connectivity index (χ1) is 13.6. The van der Waals surface area contributed by atoms with Crippen molar-refractivity contribution in [1.29, 1.82) is 0 Å². The van der Waals surface area contributed by atoms with Gasteiger partial charge in [-0.05, 0) is 12.5 Å². The van der Waals surface area contributed by atoms with Crippen LogP contribution in [0.1, 0.15) is 12.8 Å². The number of nitrogens with one attached hydrogen (secondary N) is 2. The summed E-state index contributed by atoms with van der Waals surface area (Å²) in [5.74, 6) is 0.280. The highest BCUT2D eigenvalue weighted by molar-refractivity contribution is 5.93. The first-order valence-electron chi connectivity index (χ1n) is 9.06. The van der Waals surface area contributed by atoms with Crippen molar-refractivity contribution in [1.82, 2.24) is 29.2 Å². The normalized spacial score (nSPS) is 17.6. The van der Waals surface area contributed by atoms with Crippen LogP contribution < -0.4 is 5.32 Å². The third-order valence-electron chi connectivity index (χ3n) is 5.15. The molecule has 0 aromatic carbocycles. The van der Waals surface area contributed by atoms with Crippen molar-refractivity contribution in [3.8, 4) is 11.1 Å². The van der Waals surface area contributed by atoms with E-state index in [4.69, 9.17) is 0 Å². The molecule has 1 aliphatic rings. The topological polar surface area (TPSA) is 91.2 Å². The van der Waals surface area contributed by atoms with Crippen molar-refractivity contribution in [3.05, 3.63) is 42.9 Å². The molecule has 2 N–H and O–H groups in total. The SMILES string of the molecule is CN1C[C@@H](Nc2ncc3c(-c4cc(F)c5nccn5c4)c[nH]c3n2)CCC1=O. The molecule has 28 heavy (non-hydrogen) atoms. The summed E-state index contributed by atoms with van der Waals surface area (Å²) in [6, 6.07) is 1.58. The molecule has 1 fully saturated rings. The van der Waals surface area contributed by atoms with E-state index in [-0.39, 0.29) is 17.8 Å². The van der Waals surface area contributed by atoms with E-state index < -0.39 is 0 Å². The van der Waals surface area contributed by atoms with Crippen molar-refractivity contribution < 1.29 is 9.18 Å². The number of hydrogen-bond donors (Lipinski definition) is 2. The molecule has 5 rings (SSSR count). The number of aromatic amines is 1. The zero-order valence-corrected chi connectivity index (χ0v) is 15.2. The maximum atomic E-state index is 14.3. The molecule has 0 aliphatic carbocycles. The fourth-order valence-corrected chi connectivity index (χ4v) is 3.67. The Morgan fingerprint density at radius 1 is 1.36 bits per heavy atom. The number of H-pyrrole nitrogens is 1. The van der Waals surface area contributed by atoms with E-state index in [1.165, 1.54) is 6.07 Å². The minimum Gasteiger partial charge on any atom is -0.350 e. The molecule has 0 saturated carbocycles. The first kappa shape index (κ1) is 16.7. The van der Waals surface area contributed by atoms with Crippen LogP contribution in [0.15, 0.2) is 37.1 Å². The van der Waals surface area contributed by atoms with Gasteiger partial charge >= 0.3 is 0 Å². The van der Waals surface area contributed by atoms with Crippen LogP contribution in [0.5, 0.6) is 0 Å². The summed E-state index contributed by atoms with van der Waals surface area (Å²) < 4.78 is 15.9. The van der Waals surface area contributed by atoms with Gasteiger partial charge in [0.25, 0.3) is 0 Å². The largest absolute Gasteiger partial charge is 0.350 e. The molecule has 0 spiro atoms.